The summed E-state index contributed by atoms with van der Waals surface area (Å²) in [5, 5.41) is 4.91. The lowest BCUT2D eigenvalue weighted by Gasteiger charge is -2.15. The normalized spacial score (nSPS) is 10.5. The van der Waals surface area contributed by atoms with E-state index in [1.807, 2.05) is 0 Å². The average molecular weight is 314 g/mol. The second-order valence-corrected chi connectivity index (χ2v) is 6.02. The van der Waals surface area contributed by atoms with E-state index in [-0.39, 0.29) is 0 Å². The molecule has 0 aromatic heterocycles. The molecule has 0 unspecified atom stereocenters. The maximum Gasteiger partial charge on any atom is 0.0658 e. The maximum absolute atomic E-state index is 4.91. The van der Waals surface area contributed by atoms with Crippen molar-refractivity contribution in [3.63, 3.8) is 0 Å². The first-order valence-corrected chi connectivity index (χ1v) is 8.81. The van der Waals surface area contributed by atoms with Crippen LogP contribution < -0.4 is 5.32 Å². The summed E-state index contributed by atoms with van der Waals surface area (Å²) in [5.41, 5.74) is 6.05. The van der Waals surface area contributed by atoms with Crippen LogP contribution in [0.3, 0.4) is 0 Å². The molecule has 0 N–H and O–H groups in total. The van der Waals surface area contributed by atoms with Crippen LogP contribution in [0.4, 0.5) is 5.69 Å². The molecule has 3 aromatic rings. The number of rotatable bonds is 7. The average Bonchev–Trinajstić information content (AvgIpc) is 2.66. The van der Waals surface area contributed by atoms with E-state index < -0.39 is 0 Å². The molecular weight excluding hydrogens is 290 g/mol. The predicted molar refractivity (Wildman–Crippen MR) is 104 cm³/mol. The lowest BCUT2D eigenvalue weighted by atomic mass is 9.93. The van der Waals surface area contributed by atoms with Gasteiger partial charge in [0.1, 0.15) is 0 Å². The van der Waals surface area contributed by atoms with E-state index in [1.54, 1.807) is 0 Å². The number of benzene rings is 3. The summed E-state index contributed by atoms with van der Waals surface area (Å²) < 4.78 is 0. The monoisotopic (exact) mass is 314 g/mol. The number of nitrogens with zero attached hydrogens (tertiary/aromatic N) is 1. The number of hydrogen-bond donors (Lipinski definition) is 0. The van der Waals surface area contributed by atoms with Gasteiger partial charge in [0.15, 0.2) is 0 Å². The van der Waals surface area contributed by atoms with Crippen molar-refractivity contribution in [2.24, 2.45) is 0 Å². The van der Waals surface area contributed by atoms with Gasteiger partial charge in [-0.15, -0.1) is 0 Å². The SMILES string of the molecule is CCCCC[N]c1cccc(-c2ccccc2)c1-c1ccccc1. The number of unbranched alkanes of at least 4 members (excludes halogenated alkanes) is 2. The third-order valence-corrected chi connectivity index (χ3v) is 4.23. The van der Waals surface area contributed by atoms with Gasteiger partial charge in [-0.25, -0.2) is 0 Å². The Bertz CT molecular complexity index is 748. The first-order valence-electron chi connectivity index (χ1n) is 8.81. The minimum Gasteiger partial charge on any atom is -0.285 e. The zero-order valence-corrected chi connectivity index (χ0v) is 14.3. The van der Waals surface area contributed by atoms with Crippen LogP contribution in [0.15, 0.2) is 78.9 Å². The van der Waals surface area contributed by atoms with Gasteiger partial charge in [0.2, 0.25) is 0 Å². The van der Waals surface area contributed by atoms with Crippen molar-refractivity contribution in [3.8, 4) is 22.3 Å². The molecule has 0 heterocycles. The zero-order valence-electron chi connectivity index (χ0n) is 14.3. The summed E-state index contributed by atoms with van der Waals surface area (Å²) in [7, 11) is 0. The van der Waals surface area contributed by atoms with Crippen LogP contribution in [0.2, 0.25) is 0 Å². The zero-order chi connectivity index (χ0) is 16.6. The maximum atomic E-state index is 4.91. The standard InChI is InChI=1S/C23H24N/c1-2-3-10-18-24-22-17-11-16-21(19-12-6-4-7-13-19)23(22)20-14-8-5-9-15-20/h4-9,11-17H,2-3,10,18H2,1H3. The van der Waals surface area contributed by atoms with Gasteiger partial charge >= 0.3 is 0 Å². The molecule has 3 rings (SSSR count). The summed E-state index contributed by atoms with van der Waals surface area (Å²) in [5.74, 6) is 0. The second-order valence-electron chi connectivity index (χ2n) is 6.02. The van der Waals surface area contributed by atoms with E-state index in [4.69, 9.17) is 5.32 Å². The van der Waals surface area contributed by atoms with E-state index in [1.165, 1.54) is 35.1 Å². The van der Waals surface area contributed by atoms with Crippen LogP contribution in [-0.4, -0.2) is 6.54 Å². The predicted octanol–water partition coefficient (Wildman–Crippen LogP) is 6.45. The highest BCUT2D eigenvalue weighted by Gasteiger charge is 2.12. The van der Waals surface area contributed by atoms with E-state index in [0.29, 0.717) is 0 Å². The van der Waals surface area contributed by atoms with Crippen LogP contribution in [-0.2, 0) is 0 Å². The first-order chi connectivity index (χ1) is 11.9. The lowest BCUT2D eigenvalue weighted by molar-refractivity contribution is 0.681. The molecule has 0 saturated carbocycles. The molecule has 3 aromatic carbocycles. The highest BCUT2D eigenvalue weighted by molar-refractivity contribution is 5.90. The molecule has 0 aliphatic carbocycles. The third kappa shape index (κ3) is 3.86. The molecule has 0 saturated heterocycles. The minimum atomic E-state index is 0.895. The molecule has 0 aliphatic rings. The lowest BCUT2D eigenvalue weighted by Crippen LogP contribution is -2.02. The molecule has 0 bridgehead atoms. The van der Waals surface area contributed by atoms with Gasteiger partial charge < -0.3 is 0 Å². The summed E-state index contributed by atoms with van der Waals surface area (Å²) in [6, 6.07) is 27.6. The Morgan fingerprint density at radius 3 is 2.00 bits per heavy atom. The van der Waals surface area contributed by atoms with Gasteiger partial charge in [-0.3, -0.25) is 5.32 Å². The molecule has 1 radical (unpaired) electrons. The van der Waals surface area contributed by atoms with Gasteiger partial charge in [-0.1, -0.05) is 92.6 Å². The molecule has 1 heteroatoms. The Kier molecular flexibility index (Phi) is 5.68. The first kappa shape index (κ1) is 16.3. The van der Waals surface area contributed by atoms with Crippen LogP contribution in [0, 0.1) is 0 Å². The summed E-state index contributed by atoms with van der Waals surface area (Å²) in [6.07, 6.45) is 3.62. The van der Waals surface area contributed by atoms with Crippen LogP contribution >= 0.6 is 0 Å². The van der Waals surface area contributed by atoms with Crippen molar-refractivity contribution in [3.05, 3.63) is 78.9 Å². The van der Waals surface area contributed by atoms with Crippen molar-refractivity contribution in [1.29, 1.82) is 0 Å². The highest BCUT2D eigenvalue weighted by Crippen LogP contribution is 2.37. The topological polar surface area (TPSA) is 14.1 Å². The van der Waals surface area contributed by atoms with E-state index >= 15 is 0 Å². The van der Waals surface area contributed by atoms with Crippen molar-refractivity contribution in [1.82, 2.24) is 5.32 Å². The van der Waals surface area contributed by atoms with Gasteiger partial charge in [0, 0.05) is 12.1 Å². The Morgan fingerprint density at radius 1 is 0.667 bits per heavy atom. The summed E-state index contributed by atoms with van der Waals surface area (Å²) >= 11 is 0. The molecular formula is C23H24N. The fourth-order valence-corrected chi connectivity index (χ4v) is 3.00. The fourth-order valence-electron chi connectivity index (χ4n) is 3.00. The van der Waals surface area contributed by atoms with E-state index in [9.17, 15) is 0 Å². The molecule has 0 amide bonds. The van der Waals surface area contributed by atoms with Crippen LogP contribution in [0.5, 0.6) is 0 Å². The van der Waals surface area contributed by atoms with Crippen LogP contribution in [0.1, 0.15) is 26.2 Å². The second kappa shape index (κ2) is 8.35. The van der Waals surface area contributed by atoms with Crippen LogP contribution in [0.25, 0.3) is 22.3 Å². The van der Waals surface area contributed by atoms with Gasteiger partial charge in [0.25, 0.3) is 0 Å². The molecule has 0 fully saturated rings. The van der Waals surface area contributed by atoms with Crippen molar-refractivity contribution in [2.45, 2.75) is 26.2 Å². The quantitative estimate of drug-likeness (QED) is 0.445. The molecule has 0 spiro atoms. The fraction of sp³-hybridized carbons (Fsp3) is 0.217. The number of hydrogen-bond acceptors (Lipinski definition) is 0. The Morgan fingerprint density at radius 2 is 1.33 bits per heavy atom. The molecule has 0 atom stereocenters. The Labute approximate surface area is 145 Å². The largest absolute Gasteiger partial charge is 0.285 e. The summed E-state index contributed by atoms with van der Waals surface area (Å²) in [6.45, 7) is 3.12. The van der Waals surface area contributed by atoms with Gasteiger partial charge in [-0.2, -0.15) is 0 Å². The van der Waals surface area contributed by atoms with Crippen molar-refractivity contribution >= 4 is 5.69 Å². The highest BCUT2D eigenvalue weighted by atomic mass is 14.9. The molecule has 24 heavy (non-hydrogen) atoms. The van der Waals surface area contributed by atoms with Gasteiger partial charge in [-0.05, 0) is 29.2 Å². The third-order valence-electron chi connectivity index (χ3n) is 4.23. The summed E-state index contributed by atoms with van der Waals surface area (Å²) in [4.78, 5) is 0. The Balaban J connectivity index is 2.03. The van der Waals surface area contributed by atoms with Crippen molar-refractivity contribution < 1.29 is 0 Å². The van der Waals surface area contributed by atoms with E-state index in [2.05, 4.69) is 85.8 Å². The minimum absolute atomic E-state index is 0.895. The Hall–Kier alpha value is -2.54. The smallest absolute Gasteiger partial charge is 0.0658 e. The molecule has 121 valence electrons. The molecule has 0 aliphatic heterocycles. The van der Waals surface area contributed by atoms with E-state index in [0.717, 1.165) is 18.7 Å². The molecule has 1 nitrogen and oxygen atoms in total. The van der Waals surface area contributed by atoms with Gasteiger partial charge in [0.05, 0.1) is 5.69 Å². The van der Waals surface area contributed by atoms with Crippen molar-refractivity contribution in [2.75, 3.05) is 6.54 Å².